The minimum absolute atomic E-state index is 0.00636. The van der Waals surface area contributed by atoms with Gasteiger partial charge in [0, 0.05) is 77.6 Å². The largest absolute Gasteiger partial charge is 0.455 e. The third-order valence-corrected chi connectivity index (χ3v) is 15.8. The Morgan fingerprint density at radius 2 is 1.55 bits per heavy atom. The summed E-state index contributed by atoms with van der Waals surface area (Å²) in [5, 5.41) is 11.6. The number of rotatable bonds is 13. The summed E-state index contributed by atoms with van der Waals surface area (Å²) in [5.74, 6) is 0.386. The van der Waals surface area contributed by atoms with Gasteiger partial charge in [-0.2, -0.15) is 8.42 Å². The number of ether oxygens (including phenoxy) is 1. The average Bonchev–Trinajstić information content (AvgIpc) is 3.30. The summed E-state index contributed by atoms with van der Waals surface area (Å²) in [6.45, 7) is 3.46. The van der Waals surface area contributed by atoms with Crippen molar-refractivity contribution < 1.29 is 35.7 Å². The summed E-state index contributed by atoms with van der Waals surface area (Å²) in [6.07, 6.45) is 8.47. The van der Waals surface area contributed by atoms with E-state index in [1.807, 2.05) is 0 Å². The molecule has 0 bridgehead atoms. The number of unbranched alkanes of at least 4 members (excludes halogenated alkanes) is 2. The first-order valence-corrected chi connectivity index (χ1v) is 25.5. The van der Waals surface area contributed by atoms with Crippen LogP contribution in [-0.2, 0) is 55.4 Å². The molecule has 0 aliphatic carbocycles. The van der Waals surface area contributed by atoms with E-state index < -0.39 is 48.0 Å². The standard InChI is InChI=1S/C47H49N7O10S2/c55-38(48-26-39(56)50-36-14-4-11-31-41(36)47(58)52-51-46(31)57)15-2-1-3-18-49-65(59,60)29-16-17-30(37(25-29)66(61,62)63)40-34-23-27-9-5-19-53-21-7-12-32(42(27)53)44(34)64-45-33-13-8-22-54-20-6-10-28(43(33)54)24-35(40)45/h4,11,14,16-17,23-25,49H,1-3,5-10,12-13,15,18-22,26H2,(H4-,48,50,51,52,55,56,57,58,61,62,63)/p+1. The van der Waals surface area contributed by atoms with E-state index in [0.717, 1.165) is 106 Å². The fourth-order valence-electron chi connectivity index (χ4n) is 10.6. The third-order valence-electron chi connectivity index (χ3n) is 13.4. The Balaban J connectivity index is 0.865. The van der Waals surface area contributed by atoms with E-state index in [1.165, 1.54) is 52.5 Å². The number of benzene rings is 4. The highest BCUT2D eigenvalue weighted by Crippen LogP contribution is 2.49. The number of carbonyl (C=O) groups is 2. The highest BCUT2D eigenvalue weighted by atomic mass is 32.2. The number of aromatic nitrogens is 2. The Morgan fingerprint density at radius 1 is 0.788 bits per heavy atom. The zero-order valence-electron chi connectivity index (χ0n) is 36.2. The molecule has 0 radical (unpaired) electrons. The van der Waals surface area contributed by atoms with E-state index in [4.69, 9.17) is 4.74 Å². The third kappa shape index (κ3) is 8.00. The van der Waals surface area contributed by atoms with Crippen LogP contribution in [0.25, 0.3) is 16.3 Å². The monoisotopic (exact) mass is 936 g/mol. The minimum Gasteiger partial charge on any atom is -0.455 e. The number of anilines is 2. The van der Waals surface area contributed by atoms with Crippen molar-refractivity contribution in [2.75, 3.05) is 49.5 Å². The van der Waals surface area contributed by atoms with E-state index in [-0.39, 0.29) is 46.4 Å². The predicted octanol–water partition coefficient (Wildman–Crippen LogP) is 2.49. The molecule has 5 aliphatic rings. The lowest BCUT2D eigenvalue weighted by Gasteiger charge is -2.39. The van der Waals surface area contributed by atoms with Crippen LogP contribution in [0, 0.1) is 0 Å². The van der Waals surface area contributed by atoms with Gasteiger partial charge in [-0.15, -0.1) is 0 Å². The lowest BCUT2D eigenvalue weighted by molar-refractivity contribution is -0.124. The molecular weight excluding hydrogens is 887 g/mol. The van der Waals surface area contributed by atoms with Gasteiger partial charge in [-0.3, -0.25) is 33.9 Å². The van der Waals surface area contributed by atoms with Gasteiger partial charge in [0.15, 0.2) is 0 Å². The van der Waals surface area contributed by atoms with Crippen LogP contribution in [0.15, 0.2) is 67.9 Å². The molecule has 19 heteroatoms. The van der Waals surface area contributed by atoms with Gasteiger partial charge in [0.2, 0.25) is 27.2 Å². The second kappa shape index (κ2) is 17.3. The highest BCUT2D eigenvalue weighted by Gasteiger charge is 2.37. The van der Waals surface area contributed by atoms with Gasteiger partial charge in [0.1, 0.15) is 29.5 Å². The summed E-state index contributed by atoms with van der Waals surface area (Å²) >= 11 is 0. The molecule has 2 amide bonds. The molecule has 6 N–H and O–H groups in total. The van der Waals surface area contributed by atoms with Crippen molar-refractivity contribution in [1.29, 1.82) is 0 Å². The number of H-pyrrole nitrogens is 2. The molecule has 5 aromatic rings. The number of nitrogens with one attached hydrogen (secondary N) is 5. The summed E-state index contributed by atoms with van der Waals surface area (Å²) in [5.41, 5.74) is 6.29. The van der Waals surface area contributed by atoms with Crippen LogP contribution in [-0.4, -0.2) is 82.7 Å². The number of aromatic amines is 2. The molecular formula is C47H50N7O10S2+. The second-order valence-electron chi connectivity index (χ2n) is 17.6. The molecule has 10 rings (SSSR count). The molecule has 1 aromatic heterocycles. The maximum absolute atomic E-state index is 13.7. The molecule has 0 saturated carbocycles. The van der Waals surface area contributed by atoms with E-state index in [1.54, 1.807) is 0 Å². The zero-order chi connectivity index (χ0) is 45.9. The van der Waals surface area contributed by atoms with Crippen LogP contribution < -0.4 is 51.3 Å². The van der Waals surface area contributed by atoms with Crippen molar-refractivity contribution in [2.45, 2.75) is 86.8 Å². The van der Waals surface area contributed by atoms with Crippen molar-refractivity contribution in [2.24, 2.45) is 0 Å². The summed E-state index contributed by atoms with van der Waals surface area (Å²) in [4.78, 5) is 51.1. The minimum atomic E-state index is -4.97. The maximum Gasteiger partial charge on any atom is 0.295 e. The van der Waals surface area contributed by atoms with Crippen LogP contribution in [0.2, 0.25) is 0 Å². The molecule has 4 aromatic carbocycles. The van der Waals surface area contributed by atoms with Crippen LogP contribution in [0.1, 0.15) is 84.7 Å². The first kappa shape index (κ1) is 43.7. The summed E-state index contributed by atoms with van der Waals surface area (Å²) in [7, 11) is -9.23. The number of hydrogen-bond acceptors (Lipinski definition) is 10. The molecule has 344 valence electrons. The molecule has 6 heterocycles. The molecule has 5 aliphatic heterocycles. The Morgan fingerprint density at radius 3 is 2.36 bits per heavy atom. The fourth-order valence-corrected chi connectivity index (χ4v) is 12.5. The van der Waals surface area contributed by atoms with E-state index >= 15 is 0 Å². The number of carbonyl (C=O) groups excluding carboxylic acids is 2. The number of nitrogens with zero attached hydrogens (tertiary/aromatic N) is 2. The Labute approximate surface area is 379 Å². The molecule has 0 spiro atoms. The van der Waals surface area contributed by atoms with E-state index in [9.17, 15) is 40.6 Å². The Bertz CT molecular complexity index is 3380. The first-order chi connectivity index (χ1) is 31.8. The van der Waals surface area contributed by atoms with Crippen LogP contribution in [0.4, 0.5) is 11.4 Å². The number of sulfonamides is 1. The maximum atomic E-state index is 13.7. The normalized spacial score (nSPS) is 16.2. The van der Waals surface area contributed by atoms with Gasteiger partial charge in [0.25, 0.3) is 21.2 Å². The predicted molar refractivity (Wildman–Crippen MR) is 247 cm³/mol. The molecule has 17 nitrogen and oxygen atoms in total. The molecule has 0 atom stereocenters. The molecule has 66 heavy (non-hydrogen) atoms. The fraction of sp³-hybridized carbons (Fsp3) is 0.383. The van der Waals surface area contributed by atoms with Crippen LogP contribution in [0.5, 0.6) is 11.5 Å². The van der Waals surface area contributed by atoms with Crippen molar-refractivity contribution in [3.63, 3.8) is 0 Å². The molecule has 0 unspecified atom stereocenters. The summed E-state index contributed by atoms with van der Waals surface area (Å²) < 4.78 is 77.3. The smallest absolute Gasteiger partial charge is 0.295 e. The number of aryl methyl sites for hydroxylation is 2. The number of amides is 2. The lowest BCUT2D eigenvalue weighted by Crippen LogP contribution is -2.45. The van der Waals surface area contributed by atoms with Gasteiger partial charge in [-0.25, -0.2) is 17.7 Å². The molecule has 0 saturated heterocycles. The second-order valence-corrected chi connectivity index (χ2v) is 20.8. The van der Waals surface area contributed by atoms with Gasteiger partial charge < -0.3 is 20.3 Å². The van der Waals surface area contributed by atoms with Crippen LogP contribution >= 0.6 is 0 Å². The van der Waals surface area contributed by atoms with Crippen molar-refractivity contribution in [3.8, 4) is 11.5 Å². The van der Waals surface area contributed by atoms with Crippen molar-refractivity contribution >= 4 is 59.7 Å². The van der Waals surface area contributed by atoms with E-state index in [2.05, 4.69) is 47.2 Å². The zero-order valence-corrected chi connectivity index (χ0v) is 37.8. The van der Waals surface area contributed by atoms with Crippen molar-refractivity contribution in [3.05, 3.63) is 113 Å². The molecule has 0 fully saturated rings. The van der Waals surface area contributed by atoms with Gasteiger partial charge in [-0.05, 0) is 93.3 Å². The quantitative estimate of drug-likeness (QED) is 0.0559. The number of hydrogen-bond donors (Lipinski definition) is 6. The first-order valence-electron chi connectivity index (χ1n) is 22.6. The Kier molecular flexibility index (Phi) is 11.4. The van der Waals surface area contributed by atoms with Crippen molar-refractivity contribution in [1.82, 2.24) is 24.8 Å². The summed E-state index contributed by atoms with van der Waals surface area (Å²) in [6, 6.07) is 12.6. The van der Waals surface area contributed by atoms with Gasteiger partial charge in [-0.1, -0.05) is 18.6 Å². The van der Waals surface area contributed by atoms with Gasteiger partial charge in [0.05, 0.1) is 33.5 Å². The Hall–Kier alpha value is -6.15. The lowest BCUT2D eigenvalue weighted by atomic mass is 9.82. The SMILES string of the molecule is O=C(CCCCCNS(=O)(=O)c1ccc(C2=c3cc4c5c(c3Oc3c2cc2c6c3CCCN6CCC2)CCC[N+]=5CCC4)c(S(=O)(=O)O)c1)NCC(=O)Nc1cccc2c(=O)[nH][nH]c(=O)c12. The van der Waals surface area contributed by atoms with Gasteiger partial charge >= 0.3 is 0 Å². The van der Waals surface area contributed by atoms with Crippen LogP contribution in [0.3, 0.4) is 0 Å². The van der Waals surface area contributed by atoms with E-state index in [0.29, 0.717) is 36.3 Å². The topological polar surface area (TPSA) is 240 Å². The number of fused-ring (bicyclic) bond motifs is 5. The highest BCUT2D eigenvalue weighted by molar-refractivity contribution is 7.89. The average molecular weight is 937 g/mol.